The molecule has 1 heterocycles. The van der Waals surface area contributed by atoms with Crippen LogP contribution in [0.25, 0.3) is 0 Å². The summed E-state index contributed by atoms with van der Waals surface area (Å²) >= 11 is 0. The van der Waals surface area contributed by atoms with E-state index in [0.717, 1.165) is 0 Å². The Morgan fingerprint density at radius 3 is 2.67 bits per heavy atom. The monoisotopic (exact) mass is 223 g/mol. The third-order valence-electron chi connectivity index (χ3n) is 1.68. The van der Waals surface area contributed by atoms with Crippen LogP contribution in [0.3, 0.4) is 0 Å². The van der Waals surface area contributed by atoms with Gasteiger partial charge in [0.2, 0.25) is 5.88 Å². The summed E-state index contributed by atoms with van der Waals surface area (Å²) < 4.78 is 53.0. The maximum atomic E-state index is 12.5. The van der Waals surface area contributed by atoms with Gasteiger partial charge in [0.15, 0.2) is 6.61 Å². The van der Waals surface area contributed by atoms with Crippen LogP contribution in [-0.2, 0) is 0 Å². The molecular formula is C9H9F4NO. The number of nitrogens with zero attached hydrogens (tertiary/aromatic N) is 1. The van der Waals surface area contributed by atoms with Gasteiger partial charge >= 0.3 is 12.3 Å². The number of hydrogen-bond acceptors (Lipinski definition) is 2. The molecule has 6 heteroatoms. The average Bonchev–Trinajstić information content (AvgIpc) is 2.16. The number of hydrogen-bond donors (Lipinski definition) is 0. The van der Waals surface area contributed by atoms with Gasteiger partial charge in [-0.2, -0.15) is 8.78 Å². The van der Waals surface area contributed by atoms with Crippen LogP contribution < -0.4 is 4.74 Å². The van der Waals surface area contributed by atoms with E-state index in [1.54, 1.807) is 19.1 Å². The molecule has 0 aliphatic heterocycles. The number of rotatable bonds is 4. The Labute approximate surface area is 83.9 Å². The number of alkyl halides is 4. The van der Waals surface area contributed by atoms with Gasteiger partial charge in [0, 0.05) is 11.8 Å². The zero-order valence-electron chi connectivity index (χ0n) is 7.88. The Hall–Kier alpha value is -1.33. The van der Waals surface area contributed by atoms with Gasteiger partial charge in [-0.05, 0) is 13.0 Å². The molecule has 0 fully saturated rings. The third kappa shape index (κ3) is 3.07. The molecule has 2 nitrogen and oxygen atoms in total. The van der Waals surface area contributed by atoms with Crippen LogP contribution in [0.2, 0.25) is 0 Å². The van der Waals surface area contributed by atoms with Crippen LogP contribution >= 0.6 is 0 Å². The molecule has 0 unspecified atom stereocenters. The first-order chi connectivity index (χ1) is 6.93. The van der Waals surface area contributed by atoms with Gasteiger partial charge in [-0.15, -0.1) is 0 Å². The fraction of sp³-hybridized carbons (Fsp3) is 0.444. The van der Waals surface area contributed by atoms with Crippen molar-refractivity contribution < 1.29 is 22.3 Å². The second-order valence-electron chi connectivity index (χ2n) is 2.98. The average molecular weight is 223 g/mol. The quantitative estimate of drug-likeness (QED) is 0.732. The number of aromatic nitrogens is 1. The maximum absolute atomic E-state index is 12.5. The standard InChI is InChI=1S/C9H9F4NO/c1-6-3-2-4-14-7(6)15-5-9(12,13)8(10)11/h2-4,8H,5H2,1H3. The van der Waals surface area contributed by atoms with Gasteiger partial charge in [-0.25, -0.2) is 13.8 Å². The van der Waals surface area contributed by atoms with E-state index in [2.05, 4.69) is 9.72 Å². The van der Waals surface area contributed by atoms with Gasteiger partial charge < -0.3 is 4.74 Å². The highest BCUT2D eigenvalue weighted by Crippen LogP contribution is 2.24. The summed E-state index contributed by atoms with van der Waals surface area (Å²) in [6, 6.07) is 3.18. The van der Waals surface area contributed by atoms with Gasteiger partial charge in [0.25, 0.3) is 0 Å². The van der Waals surface area contributed by atoms with E-state index < -0.39 is 19.0 Å². The maximum Gasteiger partial charge on any atom is 0.340 e. The molecule has 0 aliphatic carbocycles. The molecule has 0 atom stereocenters. The summed E-state index contributed by atoms with van der Waals surface area (Å²) in [7, 11) is 0. The summed E-state index contributed by atoms with van der Waals surface area (Å²) in [6.07, 6.45) is -2.40. The van der Waals surface area contributed by atoms with Crippen LogP contribution in [-0.4, -0.2) is 23.9 Å². The summed E-state index contributed by atoms with van der Waals surface area (Å²) in [6.45, 7) is 0.214. The van der Waals surface area contributed by atoms with Crippen molar-refractivity contribution >= 4 is 0 Å². The van der Waals surface area contributed by atoms with E-state index in [9.17, 15) is 17.6 Å². The van der Waals surface area contributed by atoms with Gasteiger partial charge in [-0.3, -0.25) is 0 Å². The molecule has 1 rings (SSSR count). The SMILES string of the molecule is Cc1cccnc1OCC(F)(F)C(F)F. The van der Waals surface area contributed by atoms with E-state index in [1.165, 1.54) is 6.20 Å². The van der Waals surface area contributed by atoms with E-state index in [1.807, 2.05) is 0 Å². The zero-order chi connectivity index (χ0) is 11.5. The molecule has 0 aromatic carbocycles. The predicted molar refractivity (Wildman–Crippen MR) is 45.4 cm³/mol. The van der Waals surface area contributed by atoms with Crippen molar-refractivity contribution in [2.24, 2.45) is 0 Å². The lowest BCUT2D eigenvalue weighted by molar-refractivity contribution is -0.148. The van der Waals surface area contributed by atoms with Crippen molar-refractivity contribution in [1.82, 2.24) is 4.98 Å². The molecule has 84 valence electrons. The molecule has 0 spiro atoms. The first-order valence-corrected chi connectivity index (χ1v) is 4.14. The topological polar surface area (TPSA) is 22.1 Å². The molecule has 0 saturated carbocycles. The minimum Gasteiger partial charge on any atom is -0.471 e. The Morgan fingerprint density at radius 1 is 1.47 bits per heavy atom. The first-order valence-electron chi connectivity index (χ1n) is 4.14. The second kappa shape index (κ2) is 4.46. The Bertz CT molecular complexity index is 330. The highest BCUT2D eigenvalue weighted by Gasteiger charge is 2.41. The number of halogens is 4. The van der Waals surface area contributed by atoms with Crippen molar-refractivity contribution in [2.45, 2.75) is 19.3 Å². The van der Waals surface area contributed by atoms with Crippen LogP contribution in [0.5, 0.6) is 5.88 Å². The Balaban J connectivity index is 2.62. The molecule has 0 radical (unpaired) electrons. The van der Waals surface area contributed by atoms with E-state index in [0.29, 0.717) is 5.56 Å². The number of aryl methyl sites for hydroxylation is 1. The smallest absolute Gasteiger partial charge is 0.340 e. The lowest BCUT2D eigenvalue weighted by Gasteiger charge is -2.15. The summed E-state index contributed by atoms with van der Waals surface area (Å²) in [5.74, 6) is -4.21. The number of ether oxygens (including phenoxy) is 1. The van der Waals surface area contributed by atoms with Crippen LogP contribution in [0.4, 0.5) is 17.6 Å². The Kier molecular flexibility index (Phi) is 3.49. The largest absolute Gasteiger partial charge is 0.471 e. The minimum absolute atomic E-state index is 0.0576. The molecule has 1 aromatic heterocycles. The number of pyridine rings is 1. The second-order valence-corrected chi connectivity index (χ2v) is 2.98. The normalized spacial score (nSPS) is 11.9. The highest BCUT2D eigenvalue weighted by molar-refractivity contribution is 5.23. The summed E-state index contributed by atoms with van der Waals surface area (Å²) in [4.78, 5) is 3.64. The molecule has 0 saturated heterocycles. The van der Waals surface area contributed by atoms with E-state index in [4.69, 9.17) is 0 Å². The summed E-state index contributed by atoms with van der Waals surface area (Å²) in [5.41, 5.74) is 0.516. The van der Waals surface area contributed by atoms with Crippen molar-refractivity contribution in [2.75, 3.05) is 6.61 Å². The van der Waals surface area contributed by atoms with Gasteiger partial charge in [0.1, 0.15) is 0 Å². The van der Waals surface area contributed by atoms with Gasteiger partial charge in [0.05, 0.1) is 0 Å². The lowest BCUT2D eigenvalue weighted by atomic mass is 10.3. The first kappa shape index (κ1) is 11.7. The van der Waals surface area contributed by atoms with Crippen LogP contribution in [0, 0.1) is 6.92 Å². The molecule has 0 bridgehead atoms. The van der Waals surface area contributed by atoms with Crippen LogP contribution in [0.15, 0.2) is 18.3 Å². The predicted octanol–water partition coefficient (Wildman–Crippen LogP) is 2.67. The fourth-order valence-corrected chi connectivity index (χ4v) is 0.850. The molecular weight excluding hydrogens is 214 g/mol. The fourth-order valence-electron chi connectivity index (χ4n) is 0.850. The van der Waals surface area contributed by atoms with E-state index >= 15 is 0 Å². The van der Waals surface area contributed by atoms with Crippen LogP contribution in [0.1, 0.15) is 5.56 Å². The molecule has 0 amide bonds. The summed E-state index contributed by atoms with van der Waals surface area (Å²) in [5, 5.41) is 0. The Morgan fingerprint density at radius 2 is 2.13 bits per heavy atom. The van der Waals surface area contributed by atoms with Gasteiger partial charge in [-0.1, -0.05) is 6.07 Å². The lowest BCUT2D eigenvalue weighted by Crippen LogP contribution is -2.34. The van der Waals surface area contributed by atoms with E-state index in [-0.39, 0.29) is 5.88 Å². The van der Waals surface area contributed by atoms with Crippen molar-refractivity contribution in [3.63, 3.8) is 0 Å². The molecule has 15 heavy (non-hydrogen) atoms. The molecule has 0 N–H and O–H groups in total. The van der Waals surface area contributed by atoms with Crippen molar-refractivity contribution in [3.05, 3.63) is 23.9 Å². The minimum atomic E-state index is -4.15. The van der Waals surface area contributed by atoms with Crippen molar-refractivity contribution in [1.29, 1.82) is 0 Å². The highest BCUT2D eigenvalue weighted by atomic mass is 19.3. The van der Waals surface area contributed by atoms with Crippen molar-refractivity contribution in [3.8, 4) is 5.88 Å². The zero-order valence-corrected chi connectivity index (χ0v) is 7.88. The molecule has 1 aromatic rings. The molecule has 0 aliphatic rings. The third-order valence-corrected chi connectivity index (χ3v) is 1.68.